The lowest BCUT2D eigenvalue weighted by Crippen LogP contribution is -2.50. The third-order valence-electron chi connectivity index (χ3n) is 3.37. The summed E-state index contributed by atoms with van der Waals surface area (Å²) in [4.78, 5) is 13.5. The Bertz CT molecular complexity index is 238. The van der Waals surface area contributed by atoms with Crippen LogP contribution >= 0.6 is 0 Å². The first kappa shape index (κ1) is 9.93. The molecule has 4 nitrogen and oxygen atoms in total. The number of hydrogen-bond acceptors (Lipinski definition) is 3. The number of nitrogens with zero attached hydrogens (tertiary/aromatic N) is 1. The van der Waals surface area contributed by atoms with Crippen LogP contribution in [0.25, 0.3) is 0 Å². The smallest absolute Gasteiger partial charge is 0.224 e. The second kappa shape index (κ2) is 3.51. The highest BCUT2D eigenvalue weighted by molar-refractivity contribution is 5.78. The fourth-order valence-corrected chi connectivity index (χ4v) is 2.19. The minimum Gasteiger partial charge on any atom is -0.391 e. The van der Waals surface area contributed by atoms with Gasteiger partial charge in [0.1, 0.15) is 0 Å². The first-order valence-electron chi connectivity index (χ1n) is 5.34. The van der Waals surface area contributed by atoms with Gasteiger partial charge in [-0.1, -0.05) is 0 Å². The van der Waals surface area contributed by atoms with Crippen LogP contribution in [0, 0.1) is 0 Å². The molecule has 0 unspecified atom stereocenters. The largest absolute Gasteiger partial charge is 0.391 e. The van der Waals surface area contributed by atoms with E-state index < -0.39 is 0 Å². The molecule has 0 aromatic rings. The van der Waals surface area contributed by atoms with Crippen LogP contribution in [-0.4, -0.2) is 40.6 Å². The van der Waals surface area contributed by atoms with E-state index in [0.29, 0.717) is 25.9 Å². The second-order valence-corrected chi connectivity index (χ2v) is 4.67. The normalized spacial score (nSPS) is 30.1. The number of nitrogens with two attached hydrogens (primary N) is 1. The Morgan fingerprint density at radius 2 is 2.29 bits per heavy atom. The molecular weight excluding hydrogens is 180 g/mol. The minimum absolute atomic E-state index is 0.115. The third kappa shape index (κ3) is 1.91. The zero-order valence-corrected chi connectivity index (χ0v) is 8.41. The van der Waals surface area contributed by atoms with Crippen LogP contribution in [0.15, 0.2) is 0 Å². The van der Waals surface area contributed by atoms with Crippen molar-refractivity contribution in [2.75, 3.05) is 13.1 Å². The molecule has 1 amide bonds. The van der Waals surface area contributed by atoms with E-state index in [1.807, 2.05) is 0 Å². The summed E-state index contributed by atoms with van der Waals surface area (Å²) in [5, 5.41) is 9.29. The summed E-state index contributed by atoms with van der Waals surface area (Å²) in [7, 11) is 0. The van der Waals surface area contributed by atoms with Crippen LogP contribution in [0.3, 0.4) is 0 Å². The van der Waals surface area contributed by atoms with E-state index in [1.165, 1.54) is 0 Å². The summed E-state index contributed by atoms with van der Waals surface area (Å²) >= 11 is 0. The van der Waals surface area contributed by atoms with Crippen LogP contribution in [-0.2, 0) is 4.79 Å². The van der Waals surface area contributed by atoms with Crippen molar-refractivity contribution < 1.29 is 9.90 Å². The highest BCUT2D eigenvalue weighted by Crippen LogP contribution is 2.32. The Morgan fingerprint density at radius 3 is 2.71 bits per heavy atom. The van der Waals surface area contributed by atoms with Gasteiger partial charge in [-0.15, -0.1) is 0 Å². The summed E-state index contributed by atoms with van der Waals surface area (Å²) in [6, 6.07) is 0. The van der Waals surface area contributed by atoms with Crippen molar-refractivity contribution >= 4 is 5.91 Å². The molecule has 0 aromatic carbocycles. The summed E-state index contributed by atoms with van der Waals surface area (Å²) in [5.74, 6) is 0.115. The zero-order chi connectivity index (χ0) is 10.2. The molecule has 0 radical (unpaired) electrons. The molecule has 2 fully saturated rings. The molecule has 1 heterocycles. The molecular formula is C10H18N2O2. The van der Waals surface area contributed by atoms with Gasteiger partial charge in [-0.25, -0.2) is 0 Å². The van der Waals surface area contributed by atoms with Crippen molar-refractivity contribution in [1.29, 1.82) is 0 Å². The van der Waals surface area contributed by atoms with Gasteiger partial charge >= 0.3 is 0 Å². The molecule has 2 rings (SSSR count). The number of β-amino-alcohol motifs (C(OH)–C–C–N with tert-alkyl or cyclic N) is 1. The van der Waals surface area contributed by atoms with Gasteiger partial charge in [0, 0.05) is 25.0 Å². The van der Waals surface area contributed by atoms with Crippen molar-refractivity contribution in [2.24, 2.45) is 5.73 Å². The Kier molecular flexibility index (Phi) is 2.49. The Morgan fingerprint density at radius 1 is 1.57 bits per heavy atom. The molecule has 1 atom stereocenters. The maximum absolute atomic E-state index is 11.7. The quantitative estimate of drug-likeness (QED) is 0.648. The van der Waals surface area contributed by atoms with Crippen LogP contribution in [0.5, 0.6) is 0 Å². The second-order valence-electron chi connectivity index (χ2n) is 4.67. The third-order valence-corrected chi connectivity index (χ3v) is 3.37. The first-order valence-corrected chi connectivity index (χ1v) is 5.34. The van der Waals surface area contributed by atoms with Crippen LogP contribution in [0.1, 0.15) is 32.1 Å². The van der Waals surface area contributed by atoms with Gasteiger partial charge < -0.3 is 15.7 Å². The Labute approximate surface area is 84.1 Å². The predicted octanol–water partition coefficient (Wildman–Crippen LogP) is -0.149. The minimum atomic E-state index is -0.325. The van der Waals surface area contributed by atoms with Gasteiger partial charge in [-0.3, -0.25) is 4.79 Å². The highest BCUT2D eigenvalue weighted by Gasteiger charge is 2.37. The number of aliphatic hydroxyl groups is 1. The molecule has 0 aromatic heterocycles. The van der Waals surface area contributed by atoms with Crippen molar-refractivity contribution in [3.63, 3.8) is 0 Å². The Balaban J connectivity index is 1.83. The standard InChI is InChI=1S/C10H18N2O2/c11-10(3-1-4-10)6-9(14)12-5-2-8(13)7-12/h8,13H,1-7,11H2/t8-/m1/s1. The van der Waals surface area contributed by atoms with Crippen LogP contribution in [0.2, 0.25) is 0 Å². The fourth-order valence-electron chi connectivity index (χ4n) is 2.19. The molecule has 14 heavy (non-hydrogen) atoms. The average Bonchev–Trinajstić information content (AvgIpc) is 2.49. The van der Waals surface area contributed by atoms with E-state index in [4.69, 9.17) is 5.73 Å². The van der Waals surface area contributed by atoms with Gasteiger partial charge in [-0.2, -0.15) is 0 Å². The number of hydrogen-bond donors (Lipinski definition) is 2. The van der Waals surface area contributed by atoms with Crippen LogP contribution < -0.4 is 5.73 Å². The molecule has 0 bridgehead atoms. The van der Waals surface area contributed by atoms with E-state index in [-0.39, 0.29) is 17.6 Å². The number of carbonyl (C=O) groups excluding carboxylic acids is 1. The van der Waals surface area contributed by atoms with Gasteiger partial charge in [0.05, 0.1) is 6.10 Å². The van der Waals surface area contributed by atoms with Gasteiger partial charge in [0.15, 0.2) is 0 Å². The van der Waals surface area contributed by atoms with Crippen molar-refractivity contribution in [1.82, 2.24) is 4.90 Å². The number of likely N-dealkylation sites (tertiary alicyclic amines) is 1. The summed E-state index contributed by atoms with van der Waals surface area (Å²) in [6.07, 6.45) is 3.92. The van der Waals surface area contributed by atoms with Crippen molar-refractivity contribution in [2.45, 2.75) is 43.7 Å². The van der Waals surface area contributed by atoms with Gasteiger partial charge in [0.2, 0.25) is 5.91 Å². The lowest BCUT2D eigenvalue weighted by molar-refractivity contribution is -0.132. The maximum Gasteiger partial charge on any atom is 0.224 e. The molecule has 2 aliphatic rings. The molecule has 80 valence electrons. The van der Waals surface area contributed by atoms with E-state index in [2.05, 4.69) is 0 Å². The molecule has 1 saturated carbocycles. The maximum atomic E-state index is 11.7. The number of amides is 1. The van der Waals surface area contributed by atoms with E-state index in [1.54, 1.807) is 4.90 Å². The van der Waals surface area contributed by atoms with E-state index in [0.717, 1.165) is 19.3 Å². The molecule has 0 spiro atoms. The zero-order valence-electron chi connectivity index (χ0n) is 8.41. The summed E-state index contributed by atoms with van der Waals surface area (Å²) < 4.78 is 0. The molecule has 1 saturated heterocycles. The predicted molar refractivity (Wildman–Crippen MR) is 52.6 cm³/mol. The van der Waals surface area contributed by atoms with E-state index >= 15 is 0 Å². The number of rotatable bonds is 2. The molecule has 1 aliphatic heterocycles. The highest BCUT2D eigenvalue weighted by atomic mass is 16.3. The fraction of sp³-hybridized carbons (Fsp3) is 0.900. The van der Waals surface area contributed by atoms with Crippen molar-refractivity contribution in [3.8, 4) is 0 Å². The lowest BCUT2D eigenvalue weighted by atomic mass is 9.75. The molecule has 4 heteroatoms. The summed E-state index contributed by atoms with van der Waals surface area (Å²) in [5.41, 5.74) is 5.76. The molecule has 3 N–H and O–H groups in total. The topological polar surface area (TPSA) is 66.6 Å². The molecule has 1 aliphatic carbocycles. The SMILES string of the molecule is NC1(CC(=O)N2CC[C@@H](O)C2)CCC1. The summed E-state index contributed by atoms with van der Waals surface area (Å²) in [6.45, 7) is 1.19. The first-order chi connectivity index (χ1) is 6.59. The average molecular weight is 198 g/mol. The number of aliphatic hydroxyl groups excluding tert-OH is 1. The Hall–Kier alpha value is -0.610. The van der Waals surface area contributed by atoms with Crippen LogP contribution in [0.4, 0.5) is 0 Å². The van der Waals surface area contributed by atoms with Gasteiger partial charge in [-0.05, 0) is 25.7 Å². The lowest BCUT2D eigenvalue weighted by Gasteiger charge is -2.38. The number of carbonyl (C=O) groups is 1. The van der Waals surface area contributed by atoms with Crippen molar-refractivity contribution in [3.05, 3.63) is 0 Å². The van der Waals surface area contributed by atoms with Gasteiger partial charge in [0.25, 0.3) is 0 Å². The van der Waals surface area contributed by atoms with E-state index in [9.17, 15) is 9.90 Å². The monoisotopic (exact) mass is 198 g/mol.